The van der Waals surface area contributed by atoms with Crippen LogP contribution >= 0.6 is 11.3 Å². The monoisotopic (exact) mass is 537 g/mol. The lowest BCUT2D eigenvalue weighted by atomic mass is 9.79. The molecule has 6 nitrogen and oxygen atoms in total. The van der Waals surface area contributed by atoms with Crippen LogP contribution in [-0.4, -0.2) is 51.9 Å². The molecule has 208 valence electrons. The number of esters is 1. The normalized spacial score (nSPS) is 31.0. The molecule has 0 spiro atoms. The number of allylic oxidation sites excluding steroid dienone is 1. The maximum Gasteiger partial charge on any atom is 0.309 e. The van der Waals surface area contributed by atoms with Crippen molar-refractivity contribution in [1.82, 2.24) is 4.98 Å². The molecule has 1 aliphatic heterocycles. The van der Waals surface area contributed by atoms with E-state index in [-0.39, 0.29) is 18.1 Å². The van der Waals surface area contributed by atoms with E-state index < -0.39 is 42.8 Å². The Labute approximate surface area is 225 Å². The average molecular weight is 538 g/mol. The van der Waals surface area contributed by atoms with Crippen LogP contribution < -0.4 is 0 Å². The first-order valence-corrected chi connectivity index (χ1v) is 14.4. The van der Waals surface area contributed by atoms with E-state index in [9.17, 15) is 24.2 Å². The third-order valence-corrected chi connectivity index (χ3v) is 8.34. The molecule has 0 bridgehead atoms. The third kappa shape index (κ3) is 9.41. The number of rotatable bonds is 6. The Bertz CT molecular complexity index is 942. The van der Waals surface area contributed by atoms with Crippen LogP contribution in [-0.2, 0) is 20.7 Å². The maximum absolute atomic E-state index is 13.8. The largest absolute Gasteiger partial charge is 0.457 e. The van der Waals surface area contributed by atoms with Crippen LogP contribution in [0.2, 0.25) is 0 Å². The lowest BCUT2D eigenvalue weighted by Crippen LogP contribution is -2.40. The second-order valence-electron chi connectivity index (χ2n) is 10.3. The van der Waals surface area contributed by atoms with Crippen LogP contribution in [0.1, 0.15) is 90.3 Å². The molecule has 8 heteroatoms. The van der Waals surface area contributed by atoms with Crippen LogP contribution in [0.4, 0.5) is 4.39 Å². The number of carbonyl (C=O) groups is 2. The molecule has 2 rings (SSSR count). The fraction of sp³-hybridized carbons (Fsp3) is 0.690. The van der Waals surface area contributed by atoms with E-state index in [1.54, 1.807) is 24.3 Å². The fourth-order valence-electron chi connectivity index (χ4n) is 4.88. The van der Waals surface area contributed by atoms with Gasteiger partial charge in [0.05, 0.1) is 29.3 Å². The molecule has 37 heavy (non-hydrogen) atoms. The first-order chi connectivity index (χ1) is 17.6. The average Bonchev–Trinajstić information content (AvgIpc) is 3.33. The Balaban J connectivity index is 2.36. The summed E-state index contributed by atoms with van der Waals surface area (Å²) in [6, 6.07) is 0. The molecule has 0 radical (unpaired) electrons. The standard InChI is InChI=1S/C29H44FNO5S/c1-6-9-23-24(32)15-27(33)36-25(19(4)14-22-17-37-26(7-2)31-22)13-12-21(16-30)11-8-10-18(3)28(34)20(5)29(23)35/h12,14,17-18,20,23-25,28,32,34H,6-11,13,15-16H2,1-5H3/b19-14+,21-12+/t18-,20+,23-,24-,25-,28-/m0/s1. The number of aliphatic hydroxyl groups excluding tert-OH is 2. The van der Waals surface area contributed by atoms with Gasteiger partial charge in [-0.25, -0.2) is 9.37 Å². The summed E-state index contributed by atoms with van der Waals surface area (Å²) in [6.45, 7) is 8.79. The number of ketones is 1. The third-order valence-electron chi connectivity index (χ3n) is 7.33. The van der Waals surface area contributed by atoms with Gasteiger partial charge in [-0.15, -0.1) is 11.3 Å². The quantitative estimate of drug-likeness (QED) is 0.349. The number of hydrogen-bond donors (Lipinski definition) is 2. The molecule has 2 N–H and O–H groups in total. The predicted octanol–water partition coefficient (Wildman–Crippen LogP) is 5.86. The highest BCUT2D eigenvalue weighted by molar-refractivity contribution is 7.09. The minimum absolute atomic E-state index is 0.152. The van der Waals surface area contributed by atoms with E-state index in [0.717, 1.165) is 22.7 Å². The number of nitrogens with zero attached hydrogens (tertiary/aromatic N) is 1. The van der Waals surface area contributed by atoms with Gasteiger partial charge in [0.1, 0.15) is 18.6 Å². The summed E-state index contributed by atoms with van der Waals surface area (Å²) in [5.41, 5.74) is 2.18. The summed E-state index contributed by atoms with van der Waals surface area (Å²) in [6.07, 6.45) is 4.72. The van der Waals surface area contributed by atoms with Gasteiger partial charge in [-0.2, -0.15) is 0 Å². The smallest absolute Gasteiger partial charge is 0.309 e. The van der Waals surface area contributed by atoms with Gasteiger partial charge in [-0.05, 0) is 62.2 Å². The first-order valence-electron chi connectivity index (χ1n) is 13.6. The van der Waals surface area contributed by atoms with Crippen molar-refractivity contribution in [3.05, 3.63) is 33.3 Å². The van der Waals surface area contributed by atoms with Crippen LogP contribution in [0.25, 0.3) is 6.08 Å². The number of thiazole rings is 1. The van der Waals surface area contributed by atoms with Gasteiger partial charge in [0.15, 0.2) is 0 Å². The Morgan fingerprint density at radius 3 is 2.62 bits per heavy atom. The summed E-state index contributed by atoms with van der Waals surface area (Å²) in [5.74, 6) is -2.43. The van der Waals surface area contributed by atoms with Gasteiger partial charge in [0, 0.05) is 23.6 Å². The van der Waals surface area contributed by atoms with E-state index in [1.807, 2.05) is 39.2 Å². The highest BCUT2D eigenvalue weighted by Crippen LogP contribution is 2.28. The number of cyclic esters (lactones) is 1. The summed E-state index contributed by atoms with van der Waals surface area (Å²) >= 11 is 1.57. The molecule has 6 atom stereocenters. The summed E-state index contributed by atoms with van der Waals surface area (Å²) < 4.78 is 19.6. The van der Waals surface area contributed by atoms with Crippen molar-refractivity contribution in [1.29, 1.82) is 0 Å². The Morgan fingerprint density at radius 1 is 1.27 bits per heavy atom. The molecule has 0 aliphatic carbocycles. The topological polar surface area (TPSA) is 96.7 Å². The van der Waals surface area contributed by atoms with Gasteiger partial charge < -0.3 is 14.9 Å². The molecule has 1 aliphatic rings. The SMILES string of the molecule is CCC[C@@H]1C(=O)[C@H](C)[C@@H](O)[C@@H](C)CCC/C(CF)=C\C[C@@H](/C(C)=C/c2csc(CC)n2)OC(=O)C[C@@H]1O. The molecule has 2 heterocycles. The van der Waals surface area contributed by atoms with Gasteiger partial charge in [0.25, 0.3) is 0 Å². The summed E-state index contributed by atoms with van der Waals surface area (Å²) in [7, 11) is 0. The number of carbonyl (C=O) groups excluding carboxylic acids is 2. The van der Waals surface area contributed by atoms with Gasteiger partial charge >= 0.3 is 5.97 Å². The zero-order valence-electron chi connectivity index (χ0n) is 22.9. The number of aryl methyl sites for hydroxylation is 1. The number of hydrogen-bond acceptors (Lipinski definition) is 7. The molecule has 1 aromatic rings. The van der Waals surface area contributed by atoms with Crippen LogP contribution in [0.15, 0.2) is 22.6 Å². The molecular weight excluding hydrogens is 493 g/mol. The molecule has 1 aromatic heterocycles. The van der Waals surface area contributed by atoms with Crippen molar-refractivity contribution < 1.29 is 28.9 Å². The zero-order valence-corrected chi connectivity index (χ0v) is 23.7. The van der Waals surface area contributed by atoms with Crippen LogP contribution in [0.3, 0.4) is 0 Å². The summed E-state index contributed by atoms with van der Waals surface area (Å²) in [5, 5.41) is 24.7. The number of Topliss-reactive ketones (excluding diaryl/α,β-unsaturated/α-hetero) is 1. The van der Waals surface area contributed by atoms with Crippen LogP contribution in [0.5, 0.6) is 0 Å². The van der Waals surface area contributed by atoms with Crippen molar-refractivity contribution >= 4 is 29.2 Å². The molecular formula is C29H44FNO5S. The maximum atomic E-state index is 13.8. The van der Waals surface area contributed by atoms with Crippen molar-refractivity contribution in [3.8, 4) is 0 Å². The Hall–Kier alpha value is -1.90. The second-order valence-corrected chi connectivity index (χ2v) is 11.3. The Morgan fingerprint density at radius 2 is 2.00 bits per heavy atom. The van der Waals surface area contributed by atoms with E-state index in [2.05, 4.69) is 4.98 Å². The number of halogens is 1. The van der Waals surface area contributed by atoms with Gasteiger partial charge in [0.2, 0.25) is 0 Å². The second kappa shape index (κ2) is 15.5. The zero-order chi connectivity index (χ0) is 27.5. The van der Waals surface area contributed by atoms with Crippen LogP contribution in [0, 0.1) is 17.8 Å². The van der Waals surface area contributed by atoms with Gasteiger partial charge in [-0.1, -0.05) is 40.2 Å². The van der Waals surface area contributed by atoms with Crippen molar-refractivity contribution in [3.63, 3.8) is 0 Å². The number of ether oxygens (including phenoxy) is 1. The summed E-state index contributed by atoms with van der Waals surface area (Å²) in [4.78, 5) is 30.7. The lowest BCUT2D eigenvalue weighted by Gasteiger charge is -2.29. The highest BCUT2D eigenvalue weighted by Gasteiger charge is 2.36. The minimum Gasteiger partial charge on any atom is -0.457 e. The van der Waals surface area contributed by atoms with Gasteiger partial charge in [-0.3, -0.25) is 9.59 Å². The first kappa shape index (κ1) is 31.3. The van der Waals surface area contributed by atoms with Crippen molar-refractivity contribution in [2.24, 2.45) is 17.8 Å². The number of alkyl halides is 1. The van der Waals surface area contributed by atoms with Crippen molar-refractivity contribution in [2.75, 3.05) is 6.67 Å². The number of aliphatic hydroxyl groups is 2. The van der Waals surface area contributed by atoms with E-state index >= 15 is 0 Å². The molecule has 0 fully saturated rings. The lowest BCUT2D eigenvalue weighted by molar-refractivity contribution is -0.151. The molecule has 0 saturated heterocycles. The highest BCUT2D eigenvalue weighted by atomic mass is 32.1. The van der Waals surface area contributed by atoms with E-state index in [4.69, 9.17) is 4.74 Å². The predicted molar refractivity (Wildman–Crippen MR) is 146 cm³/mol. The molecule has 0 aromatic carbocycles. The fourth-order valence-corrected chi connectivity index (χ4v) is 5.58. The van der Waals surface area contributed by atoms with Crippen molar-refractivity contribution in [2.45, 2.75) is 104 Å². The number of aromatic nitrogens is 1. The van der Waals surface area contributed by atoms with E-state index in [0.29, 0.717) is 44.1 Å². The molecule has 0 amide bonds. The van der Waals surface area contributed by atoms with E-state index in [1.165, 1.54) is 0 Å². The molecule has 0 saturated carbocycles. The minimum atomic E-state index is -1.20. The molecule has 0 unspecified atom stereocenters. The Kier molecular flexibility index (Phi) is 13.1.